The van der Waals surface area contributed by atoms with E-state index in [1.54, 1.807) is 23.3 Å². The fraction of sp³-hybridized carbons (Fsp3) is 0.250. The molecule has 2 aromatic rings. The minimum Gasteiger partial charge on any atom is -0.294 e. The monoisotopic (exact) mass is 215 g/mol. The van der Waals surface area contributed by atoms with E-state index in [1.807, 2.05) is 26.2 Å². The average molecular weight is 215 g/mol. The highest BCUT2D eigenvalue weighted by atomic mass is 16.1. The summed E-state index contributed by atoms with van der Waals surface area (Å²) in [6.07, 6.45) is 7.25. The van der Waals surface area contributed by atoms with Gasteiger partial charge in [0.05, 0.1) is 6.20 Å². The van der Waals surface area contributed by atoms with Gasteiger partial charge < -0.3 is 0 Å². The Morgan fingerprint density at radius 2 is 2.25 bits per heavy atom. The molecule has 0 amide bonds. The Hall–Kier alpha value is -1.97. The minimum atomic E-state index is 0.0820. The molecular weight excluding hydrogens is 202 g/mol. The summed E-state index contributed by atoms with van der Waals surface area (Å²) >= 11 is 0. The van der Waals surface area contributed by atoms with E-state index in [0.29, 0.717) is 12.0 Å². The van der Waals surface area contributed by atoms with Crippen LogP contribution in [-0.2, 0) is 13.5 Å². The summed E-state index contributed by atoms with van der Waals surface area (Å²) in [6.45, 7) is 1.91. The van der Waals surface area contributed by atoms with E-state index in [2.05, 4.69) is 10.1 Å². The van der Waals surface area contributed by atoms with Gasteiger partial charge in [-0.1, -0.05) is 0 Å². The highest BCUT2D eigenvalue weighted by Gasteiger charge is 2.10. The van der Waals surface area contributed by atoms with E-state index >= 15 is 0 Å². The van der Waals surface area contributed by atoms with Crippen LogP contribution in [0.5, 0.6) is 0 Å². The fourth-order valence-corrected chi connectivity index (χ4v) is 1.60. The third kappa shape index (κ3) is 2.16. The third-order valence-corrected chi connectivity index (χ3v) is 2.46. The molecule has 2 rings (SSSR count). The molecule has 0 N–H and O–H groups in total. The van der Waals surface area contributed by atoms with Gasteiger partial charge in [-0.3, -0.25) is 14.5 Å². The van der Waals surface area contributed by atoms with Crippen molar-refractivity contribution in [1.29, 1.82) is 0 Å². The zero-order chi connectivity index (χ0) is 11.5. The molecular formula is C12H13N3O. The Morgan fingerprint density at radius 1 is 1.44 bits per heavy atom. The number of carbonyl (C=O) groups is 1. The number of aryl methyl sites for hydroxylation is 2. The third-order valence-electron chi connectivity index (χ3n) is 2.46. The Kier molecular flexibility index (Phi) is 2.81. The zero-order valence-electron chi connectivity index (χ0n) is 9.34. The smallest absolute Gasteiger partial charge is 0.169 e. The molecule has 82 valence electrons. The number of pyridine rings is 1. The second-order valence-electron chi connectivity index (χ2n) is 3.81. The molecule has 2 heterocycles. The summed E-state index contributed by atoms with van der Waals surface area (Å²) in [4.78, 5) is 15.9. The van der Waals surface area contributed by atoms with Gasteiger partial charge in [-0.15, -0.1) is 0 Å². The Morgan fingerprint density at radius 3 is 2.88 bits per heavy atom. The minimum absolute atomic E-state index is 0.0820. The fourth-order valence-electron chi connectivity index (χ4n) is 1.60. The summed E-state index contributed by atoms with van der Waals surface area (Å²) < 4.78 is 1.69. The molecule has 0 fully saturated rings. The zero-order valence-corrected chi connectivity index (χ0v) is 9.34. The van der Waals surface area contributed by atoms with Gasteiger partial charge in [0.1, 0.15) is 0 Å². The Balaban J connectivity index is 2.18. The SMILES string of the molecule is Cc1ccncc1C(=O)Cc1cnn(C)c1. The molecule has 2 aromatic heterocycles. The van der Waals surface area contributed by atoms with Crippen LogP contribution < -0.4 is 0 Å². The van der Waals surface area contributed by atoms with Gasteiger partial charge in [-0.25, -0.2) is 0 Å². The molecule has 0 saturated heterocycles. The maximum absolute atomic E-state index is 12.0. The van der Waals surface area contributed by atoms with Gasteiger partial charge in [-0.05, 0) is 24.1 Å². The molecule has 0 aliphatic rings. The first-order valence-electron chi connectivity index (χ1n) is 5.08. The van der Waals surface area contributed by atoms with Crippen LogP contribution in [0, 0.1) is 6.92 Å². The molecule has 0 aliphatic carbocycles. The summed E-state index contributed by atoms with van der Waals surface area (Å²) in [5.74, 6) is 0.0820. The Labute approximate surface area is 93.9 Å². The van der Waals surface area contributed by atoms with Crippen molar-refractivity contribution in [2.24, 2.45) is 7.05 Å². The average Bonchev–Trinajstić information content (AvgIpc) is 2.64. The molecule has 4 nitrogen and oxygen atoms in total. The summed E-state index contributed by atoms with van der Waals surface area (Å²) in [7, 11) is 1.84. The molecule has 0 atom stereocenters. The number of carbonyl (C=O) groups excluding carboxylic acids is 1. The summed E-state index contributed by atoms with van der Waals surface area (Å²) in [5, 5.41) is 4.03. The first-order chi connectivity index (χ1) is 7.66. The maximum Gasteiger partial charge on any atom is 0.169 e. The van der Waals surface area contributed by atoms with E-state index < -0.39 is 0 Å². The van der Waals surface area contributed by atoms with Gasteiger partial charge in [0.25, 0.3) is 0 Å². The molecule has 0 aliphatic heterocycles. The molecule has 0 spiro atoms. The molecule has 4 heteroatoms. The highest BCUT2D eigenvalue weighted by molar-refractivity contribution is 5.98. The van der Waals surface area contributed by atoms with E-state index in [9.17, 15) is 4.79 Å². The Bertz CT molecular complexity index is 516. The lowest BCUT2D eigenvalue weighted by Gasteiger charge is -2.02. The van der Waals surface area contributed by atoms with Crippen molar-refractivity contribution in [1.82, 2.24) is 14.8 Å². The van der Waals surface area contributed by atoms with E-state index in [4.69, 9.17) is 0 Å². The molecule has 0 radical (unpaired) electrons. The van der Waals surface area contributed by atoms with Crippen LogP contribution >= 0.6 is 0 Å². The number of nitrogens with zero attached hydrogens (tertiary/aromatic N) is 3. The molecule has 0 unspecified atom stereocenters. The van der Waals surface area contributed by atoms with Crippen LogP contribution in [0.25, 0.3) is 0 Å². The number of hydrogen-bond donors (Lipinski definition) is 0. The predicted molar refractivity (Wildman–Crippen MR) is 60.2 cm³/mol. The van der Waals surface area contributed by atoms with Crippen LogP contribution in [0.4, 0.5) is 0 Å². The van der Waals surface area contributed by atoms with Crippen molar-refractivity contribution in [3.05, 3.63) is 47.5 Å². The molecule has 0 bridgehead atoms. The highest BCUT2D eigenvalue weighted by Crippen LogP contribution is 2.09. The maximum atomic E-state index is 12.0. The van der Waals surface area contributed by atoms with Crippen molar-refractivity contribution in [2.45, 2.75) is 13.3 Å². The van der Waals surface area contributed by atoms with Crippen molar-refractivity contribution in [2.75, 3.05) is 0 Å². The first kappa shape index (κ1) is 10.5. The first-order valence-corrected chi connectivity index (χ1v) is 5.08. The van der Waals surface area contributed by atoms with Crippen LogP contribution in [0.3, 0.4) is 0 Å². The normalized spacial score (nSPS) is 10.4. The topological polar surface area (TPSA) is 47.8 Å². The quantitative estimate of drug-likeness (QED) is 0.730. The van der Waals surface area contributed by atoms with Gasteiger partial charge in [0.15, 0.2) is 5.78 Å². The lowest BCUT2D eigenvalue weighted by atomic mass is 10.0. The van der Waals surface area contributed by atoms with Gasteiger partial charge in [0.2, 0.25) is 0 Å². The number of rotatable bonds is 3. The predicted octanol–water partition coefficient (Wildman–Crippen LogP) is 1.55. The van der Waals surface area contributed by atoms with Gasteiger partial charge >= 0.3 is 0 Å². The number of hydrogen-bond acceptors (Lipinski definition) is 3. The van der Waals surface area contributed by atoms with Crippen LogP contribution in [0.15, 0.2) is 30.9 Å². The lowest BCUT2D eigenvalue weighted by Crippen LogP contribution is -2.05. The van der Waals surface area contributed by atoms with Gasteiger partial charge in [0, 0.05) is 37.6 Å². The second kappa shape index (κ2) is 4.26. The number of ketones is 1. The van der Waals surface area contributed by atoms with Crippen LogP contribution in [0.1, 0.15) is 21.5 Å². The van der Waals surface area contributed by atoms with Crippen LogP contribution in [-0.4, -0.2) is 20.5 Å². The van der Waals surface area contributed by atoms with Crippen molar-refractivity contribution in [3.63, 3.8) is 0 Å². The van der Waals surface area contributed by atoms with Crippen molar-refractivity contribution >= 4 is 5.78 Å². The lowest BCUT2D eigenvalue weighted by molar-refractivity contribution is 0.0992. The second-order valence-corrected chi connectivity index (χ2v) is 3.81. The number of aromatic nitrogens is 3. The van der Waals surface area contributed by atoms with E-state index in [-0.39, 0.29) is 5.78 Å². The summed E-state index contributed by atoms with van der Waals surface area (Å²) in [6, 6.07) is 1.84. The van der Waals surface area contributed by atoms with Crippen molar-refractivity contribution in [3.8, 4) is 0 Å². The number of Topliss-reactive ketones (excluding diaryl/α,β-unsaturated/α-hetero) is 1. The van der Waals surface area contributed by atoms with Gasteiger partial charge in [-0.2, -0.15) is 5.10 Å². The molecule has 16 heavy (non-hydrogen) atoms. The summed E-state index contributed by atoms with van der Waals surface area (Å²) in [5.41, 5.74) is 2.57. The van der Waals surface area contributed by atoms with Crippen molar-refractivity contribution < 1.29 is 4.79 Å². The van der Waals surface area contributed by atoms with E-state index in [0.717, 1.165) is 11.1 Å². The van der Waals surface area contributed by atoms with E-state index in [1.165, 1.54) is 0 Å². The van der Waals surface area contributed by atoms with Crippen LogP contribution in [0.2, 0.25) is 0 Å². The standard InChI is InChI=1S/C12H13N3O/c1-9-3-4-13-7-11(9)12(16)5-10-6-14-15(2)8-10/h3-4,6-8H,5H2,1-2H3. The largest absolute Gasteiger partial charge is 0.294 e. The molecule has 0 saturated carbocycles. The molecule has 0 aromatic carbocycles.